The van der Waals surface area contributed by atoms with Crippen LogP contribution in [0.15, 0.2) is 0 Å². The number of anilines is 1. The van der Waals surface area contributed by atoms with Gasteiger partial charge in [0.25, 0.3) is 0 Å². The molecule has 3 aliphatic carbocycles. The van der Waals surface area contributed by atoms with Crippen LogP contribution >= 0.6 is 11.3 Å². The normalized spacial score (nSPS) is 29.3. The molecule has 2 bridgehead atoms. The van der Waals surface area contributed by atoms with Crippen LogP contribution in [0.4, 0.5) is 5.00 Å². The van der Waals surface area contributed by atoms with Crippen molar-refractivity contribution in [1.29, 1.82) is 5.26 Å². The van der Waals surface area contributed by atoms with Crippen molar-refractivity contribution in [3.05, 3.63) is 16.0 Å². The summed E-state index contributed by atoms with van der Waals surface area (Å²) in [6, 6.07) is 2.36. The van der Waals surface area contributed by atoms with Gasteiger partial charge in [-0.3, -0.25) is 9.59 Å². The molecule has 2 N–H and O–H groups in total. The van der Waals surface area contributed by atoms with Gasteiger partial charge in [-0.05, 0) is 62.3 Å². The zero-order chi connectivity index (χ0) is 21.1. The summed E-state index contributed by atoms with van der Waals surface area (Å²) in [6.07, 6.45) is 14.3. The number of fused-ring (bicyclic) bond motifs is 3. The molecule has 0 saturated heterocycles. The number of hydrogen-bond donors (Lipinski definition) is 2. The minimum absolute atomic E-state index is 0.127. The van der Waals surface area contributed by atoms with E-state index >= 15 is 0 Å². The van der Waals surface area contributed by atoms with E-state index in [1.165, 1.54) is 43.4 Å². The Morgan fingerprint density at radius 3 is 2.17 bits per heavy atom. The number of rotatable bonds is 3. The third-order valence-corrected chi connectivity index (χ3v) is 8.73. The van der Waals surface area contributed by atoms with Crippen LogP contribution in [-0.2, 0) is 22.4 Å². The number of nitrogens with one attached hydrogen (secondary N) is 1. The number of amides is 1. The van der Waals surface area contributed by atoms with Crippen molar-refractivity contribution in [1.82, 2.24) is 0 Å². The lowest BCUT2D eigenvalue weighted by Gasteiger charge is -2.26. The Morgan fingerprint density at radius 2 is 1.53 bits per heavy atom. The van der Waals surface area contributed by atoms with Gasteiger partial charge in [-0.25, -0.2) is 0 Å². The average molecular weight is 429 g/mol. The summed E-state index contributed by atoms with van der Waals surface area (Å²) in [7, 11) is 0. The topological polar surface area (TPSA) is 90.2 Å². The van der Waals surface area contributed by atoms with Crippen molar-refractivity contribution in [3.8, 4) is 6.07 Å². The van der Waals surface area contributed by atoms with E-state index in [1.54, 1.807) is 11.3 Å². The first-order valence-electron chi connectivity index (χ1n) is 11.7. The second kappa shape index (κ2) is 9.51. The molecule has 1 aromatic heterocycles. The van der Waals surface area contributed by atoms with Crippen LogP contribution in [0.5, 0.6) is 0 Å². The number of carbonyl (C=O) groups excluding carboxylic acids is 1. The number of carboxylic acids is 1. The quantitative estimate of drug-likeness (QED) is 0.663. The van der Waals surface area contributed by atoms with Gasteiger partial charge in [0.2, 0.25) is 5.91 Å². The van der Waals surface area contributed by atoms with E-state index in [1.807, 2.05) is 0 Å². The van der Waals surface area contributed by atoms with Gasteiger partial charge in [-0.1, -0.05) is 38.5 Å². The highest BCUT2D eigenvalue weighted by Gasteiger charge is 2.54. The van der Waals surface area contributed by atoms with E-state index in [0.717, 1.165) is 50.5 Å². The lowest BCUT2D eigenvalue weighted by Crippen LogP contribution is -2.37. The second-order valence-electron chi connectivity index (χ2n) is 9.36. The number of aryl methyl sites for hydroxylation is 1. The first-order valence-corrected chi connectivity index (χ1v) is 12.5. The van der Waals surface area contributed by atoms with Gasteiger partial charge in [0.1, 0.15) is 11.1 Å². The fraction of sp³-hybridized carbons (Fsp3) is 0.708. The third-order valence-electron chi connectivity index (χ3n) is 7.52. The Hall–Kier alpha value is -1.87. The van der Waals surface area contributed by atoms with Crippen LogP contribution in [0.3, 0.4) is 0 Å². The second-order valence-corrected chi connectivity index (χ2v) is 10.5. The highest BCUT2D eigenvalue weighted by atomic mass is 32.1. The van der Waals surface area contributed by atoms with Gasteiger partial charge in [-0.15, -0.1) is 11.3 Å². The minimum Gasteiger partial charge on any atom is -0.481 e. The standard InChI is InChI=1S/C24H32N2O3S/c25-14-18-17-9-7-5-3-1-2-4-6-8-10-19(17)30-23(18)26-22(27)20-15-11-12-16(13-15)21(20)24(28)29/h15-16,20-21H,1-13H2,(H,26,27)(H,28,29)/t15-,16-,20+,21+/m0/s1. The highest BCUT2D eigenvalue weighted by molar-refractivity contribution is 7.16. The summed E-state index contributed by atoms with van der Waals surface area (Å²) in [5.74, 6) is -1.78. The molecular formula is C24H32N2O3S. The van der Waals surface area contributed by atoms with Gasteiger partial charge in [-0.2, -0.15) is 5.26 Å². The fourth-order valence-electron chi connectivity index (χ4n) is 6.05. The van der Waals surface area contributed by atoms with E-state index < -0.39 is 17.8 Å². The molecule has 0 radical (unpaired) electrons. The lowest BCUT2D eigenvalue weighted by atomic mass is 9.79. The van der Waals surface area contributed by atoms with Gasteiger partial charge >= 0.3 is 5.97 Å². The monoisotopic (exact) mass is 428 g/mol. The molecule has 162 valence electrons. The van der Waals surface area contributed by atoms with Crippen molar-refractivity contribution in [2.24, 2.45) is 23.7 Å². The Kier molecular flexibility index (Phi) is 6.77. The van der Waals surface area contributed by atoms with Crippen LogP contribution in [0.25, 0.3) is 0 Å². The van der Waals surface area contributed by atoms with Crippen molar-refractivity contribution in [2.75, 3.05) is 5.32 Å². The maximum atomic E-state index is 13.2. The van der Waals surface area contributed by atoms with Gasteiger partial charge in [0, 0.05) is 4.88 Å². The molecule has 0 aliphatic heterocycles. The molecule has 30 heavy (non-hydrogen) atoms. The Morgan fingerprint density at radius 1 is 0.933 bits per heavy atom. The molecule has 0 unspecified atom stereocenters. The number of aliphatic carboxylic acids is 1. The fourth-order valence-corrected chi connectivity index (χ4v) is 7.29. The SMILES string of the molecule is N#Cc1c(NC(=O)[C@@H]2[C@H]3CC[C@@H](C3)[C@H]2C(=O)O)sc2c1CCCCCCCCCC2. The van der Waals surface area contributed by atoms with Crippen molar-refractivity contribution >= 4 is 28.2 Å². The molecular weight excluding hydrogens is 396 g/mol. The van der Waals surface area contributed by atoms with E-state index in [0.29, 0.717) is 10.6 Å². The predicted molar refractivity (Wildman–Crippen MR) is 117 cm³/mol. The molecule has 2 fully saturated rings. The Bertz CT molecular complexity index is 840. The molecule has 3 aliphatic rings. The van der Waals surface area contributed by atoms with Crippen molar-refractivity contribution in [2.45, 2.75) is 83.5 Å². The predicted octanol–water partition coefficient (Wildman–Crippen LogP) is 5.52. The zero-order valence-corrected chi connectivity index (χ0v) is 18.4. The lowest BCUT2D eigenvalue weighted by molar-refractivity contribution is -0.148. The molecule has 0 spiro atoms. The first-order chi connectivity index (χ1) is 14.6. The van der Waals surface area contributed by atoms with Crippen LogP contribution in [-0.4, -0.2) is 17.0 Å². The summed E-state index contributed by atoms with van der Waals surface area (Å²) in [4.78, 5) is 26.2. The molecule has 1 heterocycles. The number of nitrogens with zero attached hydrogens (tertiary/aromatic N) is 1. The van der Waals surface area contributed by atoms with Crippen LogP contribution in [0.2, 0.25) is 0 Å². The smallest absolute Gasteiger partial charge is 0.307 e. The summed E-state index contributed by atoms with van der Waals surface area (Å²) >= 11 is 1.55. The van der Waals surface area contributed by atoms with E-state index in [-0.39, 0.29) is 17.7 Å². The van der Waals surface area contributed by atoms with Crippen LogP contribution in [0.1, 0.15) is 86.6 Å². The van der Waals surface area contributed by atoms with E-state index in [4.69, 9.17) is 0 Å². The third kappa shape index (κ3) is 4.27. The molecule has 1 aromatic rings. The summed E-state index contributed by atoms with van der Waals surface area (Å²) in [6.45, 7) is 0. The van der Waals surface area contributed by atoms with E-state index in [9.17, 15) is 20.0 Å². The Labute approximate surface area is 182 Å². The van der Waals surface area contributed by atoms with E-state index in [2.05, 4.69) is 11.4 Å². The van der Waals surface area contributed by atoms with Crippen LogP contribution < -0.4 is 5.32 Å². The molecule has 5 nitrogen and oxygen atoms in total. The summed E-state index contributed by atoms with van der Waals surface area (Å²) in [5.41, 5.74) is 1.75. The largest absolute Gasteiger partial charge is 0.481 e. The summed E-state index contributed by atoms with van der Waals surface area (Å²) < 4.78 is 0. The average Bonchev–Trinajstić information content (AvgIpc) is 3.41. The van der Waals surface area contributed by atoms with Crippen LogP contribution in [0, 0.1) is 35.0 Å². The molecule has 0 aromatic carbocycles. The minimum atomic E-state index is -0.846. The number of hydrogen-bond acceptors (Lipinski definition) is 4. The first kappa shape index (κ1) is 21.4. The maximum absolute atomic E-state index is 13.2. The zero-order valence-electron chi connectivity index (χ0n) is 17.6. The van der Waals surface area contributed by atoms with Crippen molar-refractivity contribution in [3.63, 3.8) is 0 Å². The number of thiophene rings is 1. The highest BCUT2D eigenvalue weighted by Crippen LogP contribution is 2.53. The van der Waals surface area contributed by atoms with Gasteiger partial charge < -0.3 is 10.4 Å². The summed E-state index contributed by atoms with van der Waals surface area (Å²) in [5, 5.41) is 23.2. The molecule has 6 heteroatoms. The Balaban J connectivity index is 1.55. The molecule has 4 atom stereocenters. The maximum Gasteiger partial charge on any atom is 0.307 e. The number of nitriles is 1. The van der Waals surface area contributed by atoms with Crippen molar-refractivity contribution < 1.29 is 14.7 Å². The molecule has 4 rings (SSSR count). The molecule has 1 amide bonds. The number of carboxylic acid groups (broad SMARTS) is 1. The van der Waals surface area contributed by atoms with Gasteiger partial charge in [0.05, 0.1) is 17.4 Å². The number of carbonyl (C=O) groups is 2. The van der Waals surface area contributed by atoms with Gasteiger partial charge in [0.15, 0.2) is 0 Å². The molecule has 2 saturated carbocycles.